The van der Waals surface area contributed by atoms with Crippen LogP contribution in [-0.4, -0.2) is 34.2 Å². The lowest BCUT2D eigenvalue weighted by molar-refractivity contribution is -0.115. The summed E-state index contributed by atoms with van der Waals surface area (Å²) in [7, 11) is 0. The van der Waals surface area contributed by atoms with Gasteiger partial charge in [-0.1, -0.05) is 0 Å². The monoisotopic (exact) mass is 266 g/mol. The fraction of sp³-hybridized carbons (Fsp3) is 0.385. The highest BCUT2D eigenvalue weighted by Crippen LogP contribution is 2.21. The molecular formula is C13H18N2O4. The molecule has 0 fully saturated rings. The van der Waals surface area contributed by atoms with Crippen molar-refractivity contribution < 1.29 is 19.8 Å². The zero-order chi connectivity index (χ0) is 14.6. The Morgan fingerprint density at radius 3 is 2.42 bits per heavy atom. The molecule has 0 saturated heterocycles. The van der Waals surface area contributed by atoms with E-state index in [1.807, 2.05) is 20.8 Å². The van der Waals surface area contributed by atoms with Crippen LogP contribution in [0.1, 0.15) is 31.1 Å². The van der Waals surface area contributed by atoms with Gasteiger partial charge >= 0.3 is 5.97 Å². The van der Waals surface area contributed by atoms with E-state index in [-0.39, 0.29) is 35.0 Å². The Balaban J connectivity index is 2.77. The molecule has 1 amide bonds. The number of carboxylic acid groups (broad SMARTS) is 1. The number of hydrogen-bond donors (Lipinski definition) is 4. The Hall–Kier alpha value is -2.08. The van der Waals surface area contributed by atoms with Crippen LogP contribution in [0.2, 0.25) is 0 Å². The van der Waals surface area contributed by atoms with Crippen LogP contribution in [-0.2, 0) is 4.79 Å². The molecule has 0 unspecified atom stereocenters. The number of carboxylic acids is 1. The van der Waals surface area contributed by atoms with E-state index in [1.54, 1.807) is 0 Å². The van der Waals surface area contributed by atoms with E-state index in [0.717, 1.165) is 6.07 Å². The molecular weight excluding hydrogens is 248 g/mol. The molecule has 1 aromatic rings. The van der Waals surface area contributed by atoms with E-state index in [1.165, 1.54) is 12.1 Å². The first kappa shape index (κ1) is 15.0. The van der Waals surface area contributed by atoms with Gasteiger partial charge in [0.25, 0.3) is 0 Å². The summed E-state index contributed by atoms with van der Waals surface area (Å²) in [6.45, 7) is 5.83. The number of carbonyl (C=O) groups excluding carboxylic acids is 1. The van der Waals surface area contributed by atoms with Crippen molar-refractivity contribution in [3.63, 3.8) is 0 Å². The van der Waals surface area contributed by atoms with Gasteiger partial charge in [-0.3, -0.25) is 4.79 Å². The lowest BCUT2D eigenvalue weighted by Gasteiger charge is -2.20. The molecule has 6 heteroatoms. The Morgan fingerprint density at radius 2 is 1.89 bits per heavy atom. The van der Waals surface area contributed by atoms with Crippen molar-refractivity contribution in [2.75, 3.05) is 11.9 Å². The lowest BCUT2D eigenvalue weighted by Crippen LogP contribution is -2.41. The molecule has 6 nitrogen and oxygen atoms in total. The highest BCUT2D eigenvalue weighted by Gasteiger charge is 2.15. The second-order valence-electron chi connectivity index (χ2n) is 5.19. The lowest BCUT2D eigenvalue weighted by atomic mass is 10.1. The van der Waals surface area contributed by atoms with Gasteiger partial charge in [0.15, 0.2) is 0 Å². The Labute approximate surface area is 111 Å². The molecule has 1 aromatic carbocycles. The predicted molar refractivity (Wildman–Crippen MR) is 71.5 cm³/mol. The molecule has 4 N–H and O–H groups in total. The number of aromatic hydroxyl groups is 1. The minimum atomic E-state index is -1.21. The normalized spacial score (nSPS) is 11.1. The molecule has 0 aliphatic rings. The van der Waals surface area contributed by atoms with E-state index >= 15 is 0 Å². The van der Waals surface area contributed by atoms with E-state index in [9.17, 15) is 14.7 Å². The number of aromatic carboxylic acids is 1. The quantitative estimate of drug-likeness (QED) is 0.618. The maximum Gasteiger partial charge on any atom is 0.337 e. The molecule has 1 rings (SSSR count). The molecule has 0 aromatic heterocycles. The number of hydrogen-bond acceptors (Lipinski definition) is 4. The van der Waals surface area contributed by atoms with E-state index in [4.69, 9.17) is 5.11 Å². The standard InChI is InChI=1S/C13H18N2O4/c1-13(2,3)14-7-11(17)15-10-5-4-8(16)6-9(10)12(18)19/h4-6,14,16H,7H2,1-3H3,(H,15,17)(H,18,19). The highest BCUT2D eigenvalue weighted by molar-refractivity contribution is 6.01. The van der Waals surface area contributed by atoms with E-state index in [0.29, 0.717) is 0 Å². The molecule has 0 bridgehead atoms. The molecule has 0 aliphatic heterocycles. The van der Waals surface area contributed by atoms with Crippen LogP contribution < -0.4 is 10.6 Å². The maximum absolute atomic E-state index is 11.7. The van der Waals surface area contributed by atoms with Crippen molar-refractivity contribution in [1.82, 2.24) is 5.32 Å². The third-order valence-corrected chi connectivity index (χ3v) is 2.29. The molecule has 0 saturated carbocycles. The van der Waals surface area contributed by atoms with Gasteiger partial charge in [0.2, 0.25) is 5.91 Å². The Bertz CT molecular complexity index is 492. The number of rotatable bonds is 4. The van der Waals surface area contributed by atoms with Crippen LogP contribution in [0.25, 0.3) is 0 Å². The molecule has 0 radical (unpaired) electrons. The number of anilines is 1. The number of carbonyl (C=O) groups is 2. The summed E-state index contributed by atoms with van der Waals surface area (Å²) >= 11 is 0. The van der Waals surface area contributed by atoms with Crippen molar-refractivity contribution in [1.29, 1.82) is 0 Å². The van der Waals surface area contributed by atoms with Gasteiger partial charge in [-0.15, -0.1) is 0 Å². The number of amides is 1. The van der Waals surface area contributed by atoms with E-state index < -0.39 is 5.97 Å². The van der Waals surface area contributed by atoms with Gasteiger partial charge < -0.3 is 20.8 Å². The van der Waals surface area contributed by atoms with Crippen LogP contribution in [0.5, 0.6) is 5.75 Å². The van der Waals surface area contributed by atoms with Crippen molar-refractivity contribution in [3.8, 4) is 5.75 Å². The molecule has 0 atom stereocenters. The van der Waals surface area contributed by atoms with Gasteiger partial charge in [0.1, 0.15) is 5.75 Å². The maximum atomic E-state index is 11.7. The second-order valence-corrected chi connectivity index (χ2v) is 5.19. The smallest absolute Gasteiger partial charge is 0.337 e. The predicted octanol–water partition coefficient (Wildman–Crippen LogP) is 1.42. The Morgan fingerprint density at radius 1 is 1.26 bits per heavy atom. The van der Waals surface area contributed by atoms with Crippen molar-refractivity contribution in [2.45, 2.75) is 26.3 Å². The van der Waals surface area contributed by atoms with Crippen molar-refractivity contribution in [2.24, 2.45) is 0 Å². The summed E-state index contributed by atoms with van der Waals surface area (Å²) in [5, 5.41) is 23.7. The third-order valence-electron chi connectivity index (χ3n) is 2.29. The third kappa shape index (κ3) is 4.97. The van der Waals surface area contributed by atoms with Crippen LogP contribution in [0.4, 0.5) is 5.69 Å². The first-order chi connectivity index (χ1) is 8.69. The molecule has 0 aliphatic carbocycles. The van der Waals surface area contributed by atoms with Crippen LogP contribution in [0.15, 0.2) is 18.2 Å². The number of nitrogens with one attached hydrogen (secondary N) is 2. The van der Waals surface area contributed by atoms with E-state index in [2.05, 4.69) is 10.6 Å². The fourth-order valence-corrected chi connectivity index (χ4v) is 1.36. The first-order valence-corrected chi connectivity index (χ1v) is 5.80. The van der Waals surface area contributed by atoms with Crippen molar-refractivity contribution >= 4 is 17.6 Å². The summed E-state index contributed by atoms with van der Waals surface area (Å²) in [6, 6.07) is 3.77. The van der Waals surface area contributed by atoms with Gasteiger partial charge in [-0.2, -0.15) is 0 Å². The second kappa shape index (κ2) is 5.71. The minimum absolute atomic E-state index is 0.0729. The largest absolute Gasteiger partial charge is 0.508 e. The fourth-order valence-electron chi connectivity index (χ4n) is 1.36. The number of phenols is 1. The highest BCUT2D eigenvalue weighted by atomic mass is 16.4. The van der Waals surface area contributed by atoms with Gasteiger partial charge in [-0.05, 0) is 39.0 Å². The average molecular weight is 266 g/mol. The Kier molecular flexibility index (Phi) is 4.50. The average Bonchev–Trinajstić information content (AvgIpc) is 2.28. The summed E-state index contributed by atoms with van der Waals surface area (Å²) in [6.07, 6.45) is 0. The number of benzene rings is 1. The first-order valence-electron chi connectivity index (χ1n) is 5.80. The van der Waals surface area contributed by atoms with Crippen LogP contribution in [0, 0.1) is 0 Å². The number of phenolic OH excluding ortho intramolecular Hbond substituents is 1. The summed E-state index contributed by atoms with van der Waals surface area (Å²) in [5.41, 5.74) is -0.197. The topological polar surface area (TPSA) is 98.7 Å². The molecule has 104 valence electrons. The van der Waals surface area contributed by atoms with Gasteiger partial charge in [-0.25, -0.2) is 4.79 Å². The summed E-state index contributed by atoms with van der Waals surface area (Å²) < 4.78 is 0. The molecule has 0 spiro atoms. The zero-order valence-electron chi connectivity index (χ0n) is 11.2. The molecule has 0 heterocycles. The van der Waals surface area contributed by atoms with Crippen molar-refractivity contribution in [3.05, 3.63) is 23.8 Å². The molecule has 19 heavy (non-hydrogen) atoms. The van der Waals surface area contributed by atoms with Crippen LogP contribution >= 0.6 is 0 Å². The van der Waals surface area contributed by atoms with Crippen LogP contribution in [0.3, 0.4) is 0 Å². The summed E-state index contributed by atoms with van der Waals surface area (Å²) in [4.78, 5) is 22.7. The van der Waals surface area contributed by atoms with Gasteiger partial charge in [0.05, 0.1) is 17.8 Å². The summed E-state index contributed by atoms with van der Waals surface area (Å²) in [5.74, 6) is -1.72. The minimum Gasteiger partial charge on any atom is -0.508 e. The van der Waals surface area contributed by atoms with Gasteiger partial charge in [0, 0.05) is 5.54 Å². The SMILES string of the molecule is CC(C)(C)NCC(=O)Nc1ccc(O)cc1C(=O)O. The zero-order valence-corrected chi connectivity index (χ0v) is 11.2.